The zero-order valence-electron chi connectivity index (χ0n) is 15.0. The average Bonchev–Trinajstić information content (AvgIpc) is 2.77. The molecule has 1 atom stereocenters. The Balaban J connectivity index is 2.23. The first-order valence-electron chi connectivity index (χ1n) is 8.70. The highest BCUT2D eigenvalue weighted by Gasteiger charge is 2.38. The van der Waals surface area contributed by atoms with Crippen molar-refractivity contribution in [2.45, 2.75) is 51.9 Å². The van der Waals surface area contributed by atoms with Gasteiger partial charge in [0.15, 0.2) is 0 Å². The molecule has 1 aliphatic rings. The van der Waals surface area contributed by atoms with Crippen molar-refractivity contribution in [1.82, 2.24) is 4.98 Å². The van der Waals surface area contributed by atoms with Gasteiger partial charge in [-0.15, -0.1) is 0 Å². The van der Waals surface area contributed by atoms with Gasteiger partial charge in [-0.3, -0.25) is 9.78 Å². The van der Waals surface area contributed by atoms with Gasteiger partial charge in [-0.2, -0.15) is 0 Å². The molecule has 0 spiro atoms. The van der Waals surface area contributed by atoms with E-state index in [9.17, 15) is 4.79 Å². The number of hydrogen-bond acceptors (Lipinski definition) is 2. The molecule has 2 N–H and O–H groups in total. The maximum Gasteiger partial charge on any atom is 0.250 e. The van der Waals surface area contributed by atoms with Gasteiger partial charge in [0.05, 0.1) is 11.3 Å². The van der Waals surface area contributed by atoms with E-state index < -0.39 is 5.91 Å². The van der Waals surface area contributed by atoms with Crippen molar-refractivity contribution < 1.29 is 4.79 Å². The highest BCUT2D eigenvalue weighted by atomic mass is 16.1. The van der Waals surface area contributed by atoms with Crippen LogP contribution in [-0.2, 0) is 5.41 Å². The van der Waals surface area contributed by atoms with Crippen LogP contribution in [0, 0.1) is 5.92 Å². The number of nitrogens with zero attached hydrogens (tertiary/aromatic N) is 1. The van der Waals surface area contributed by atoms with Gasteiger partial charge in [0.25, 0.3) is 5.91 Å². The summed E-state index contributed by atoms with van der Waals surface area (Å²) in [6, 6.07) is 9.92. The lowest BCUT2D eigenvalue weighted by atomic mass is 9.85. The van der Waals surface area contributed by atoms with Crippen molar-refractivity contribution in [1.29, 1.82) is 0 Å². The quantitative estimate of drug-likeness (QED) is 0.890. The summed E-state index contributed by atoms with van der Waals surface area (Å²) in [4.78, 5) is 16.4. The molecule has 2 aromatic rings. The second-order valence-corrected chi connectivity index (χ2v) is 7.95. The van der Waals surface area contributed by atoms with Crippen molar-refractivity contribution in [3.05, 3.63) is 53.2 Å². The largest absolute Gasteiger partial charge is 0.366 e. The molecular weight excluding hydrogens is 296 g/mol. The first-order valence-corrected chi connectivity index (χ1v) is 8.70. The number of amides is 1. The molecule has 0 aliphatic heterocycles. The molecule has 1 aromatic heterocycles. The van der Waals surface area contributed by atoms with Crippen LogP contribution < -0.4 is 5.73 Å². The maximum atomic E-state index is 11.9. The summed E-state index contributed by atoms with van der Waals surface area (Å²) in [6.45, 7) is 9.15. The third-order valence-electron chi connectivity index (χ3n) is 5.08. The minimum absolute atomic E-state index is 0.145. The van der Waals surface area contributed by atoms with E-state index in [1.165, 1.54) is 11.1 Å². The Labute approximate surface area is 144 Å². The number of benzene rings is 1. The van der Waals surface area contributed by atoms with Crippen LogP contribution in [0.2, 0.25) is 0 Å². The molecule has 1 aromatic carbocycles. The van der Waals surface area contributed by atoms with Gasteiger partial charge >= 0.3 is 0 Å². The van der Waals surface area contributed by atoms with Crippen molar-refractivity contribution in [3.63, 3.8) is 0 Å². The van der Waals surface area contributed by atoms with Crippen LogP contribution in [0.5, 0.6) is 0 Å². The molecule has 1 aliphatic carbocycles. The lowest BCUT2D eigenvalue weighted by Crippen LogP contribution is -2.14. The molecule has 1 amide bonds. The molecule has 24 heavy (non-hydrogen) atoms. The highest BCUT2D eigenvalue weighted by Crippen LogP contribution is 2.51. The molecular formula is C21H26N2O. The smallest absolute Gasteiger partial charge is 0.250 e. The van der Waals surface area contributed by atoms with E-state index in [0.29, 0.717) is 23.1 Å². The molecule has 0 unspecified atom stereocenters. The topological polar surface area (TPSA) is 56.0 Å². The molecule has 0 fully saturated rings. The van der Waals surface area contributed by atoms with E-state index in [1.807, 2.05) is 0 Å². The molecule has 0 bridgehead atoms. The van der Waals surface area contributed by atoms with Crippen LogP contribution in [0.4, 0.5) is 0 Å². The van der Waals surface area contributed by atoms with Crippen molar-refractivity contribution in [2.24, 2.45) is 11.7 Å². The van der Waals surface area contributed by atoms with Gasteiger partial charge in [0.1, 0.15) is 0 Å². The Kier molecular flexibility index (Phi) is 4.20. The number of pyridine rings is 1. The molecule has 1 heterocycles. The van der Waals surface area contributed by atoms with Crippen molar-refractivity contribution >= 4 is 5.91 Å². The van der Waals surface area contributed by atoms with Gasteiger partial charge in [-0.25, -0.2) is 0 Å². The molecule has 3 rings (SSSR count). The van der Waals surface area contributed by atoms with E-state index in [-0.39, 0.29) is 5.41 Å². The fourth-order valence-corrected chi connectivity index (χ4v) is 4.22. The maximum absolute atomic E-state index is 11.9. The van der Waals surface area contributed by atoms with Crippen LogP contribution in [0.1, 0.15) is 67.9 Å². The minimum atomic E-state index is -0.423. The Morgan fingerprint density at radius 2 is 2.04 bits per heavy atom. The molecule has 3 heteroatoms. The lowest BCUT2D eigenvalue weighted by Gasteiger charge is -2.19. The normalized spacial score (nSPS) is 18.6. The second-order valence-electron chi connectivity index (χ2n) is 7.95. The van der Waals surface area contributed by atoms with Crippen molar-refractivity contribution in [2.75, 3.05) is 0 Å². The Morgan fingerprint density at radius 1 is 1.29 bits per heavy atom. The third-order valence-corrected chi connectivity index (χ3v) is 5.08. The molecule has 0 saturated carbocycles. The average molecular weight is 322 g/mol. The van der Waals surface area contributed by atoms with Crippen molar-refractivity contribution in [3.8, 4) is 11.3 Å². The molecule has 126 valence electrons. The summed E-state index contributed by atoms with van der Waals surface area (Å²) in [6.07, 6.45) is 4.02. The predicted molar refractivity (Wildman–Crippen MR) is 98.0 cm³/mol. The second kappa shape index (κ2) is 6.04. The zero-order chi connectivity index (χ0) is 17.5. The Hall–Kier alpha value is -2.16. The summed E-state index contributed by atoms with van der Waals surface area (Å²) in [5, 5.41) is 0. The number of primary amides is 1. The summed E-state index contributed by atoms with van der Waals surface area (Å²) in [5.41, 5.74) is 10.8. The van der Waals surface area contributed by atoms with Gasteiger partial charge in [-0.1, -0.05) is 45.9 Å². The van der Waals surface area contributed by atoms with Gasteiger partial charge in [0.2, 0.25) is 0 Å². The fraction of sp³-hybridized carbons (Fsp3) is 0.429. The minimum Gasteiger partial charge on any atom is -0.366 e. The fourth-order valence-electron chi connectivity index (χ4n) is 4.22. The number of nitrogens with two attached hydrogens (primary N) is 1. The third kappa shape index (κ3) is 2.83. The zero-order valence-corrected chi connectivity index (χ0v) is 15.0. The van der Waals surface area contributed by atoms with Crippen LogP contribution in [0.15, 0.2) is 36.5 Å². The van der Waals surface area contributed by atoms with Crippen LogP contribution in [0.3, 0.4) is 0 Å². The van der Waals surface area contributed by atoms with E-state index >= 15 is 0 Å². The van der Waals surface area contributed by atoms with E-state index in [0.717, 1.165) is 18.4 Å². The van der Waals surface area contributed by atoms with E-state index in [1.54, 1.807) is 18.3 Å². The standard InChI is InChI=1S/C21H26N2O/c1-13(2)11-14-12-21(3,4)17-9-5-7-15(18(14)17)19-16(20(22)24)8-6-10-23-19/h5-10,13-14H,11-12H2,1-4H3,(H2,22,24)/t14-/m1/s1. The number of fused-ring (bicyclic) bond motifs is 1. The number of aromatic nitrogens is 1. The first-order chi connectivity index (χ1) is 11.3. The SMILES string of the molecule is CC(C)C[C@@H]1CC(C)(C)c2cccc(-c3ncccc3C(N)=O)c21. The number of hydrogen-bond donors (Lipinski definition) is 1. The van der Waals surface area contributed by atoms with Crippen LogP contribution in [0.25, 0.3) is 11.3 Å². The van der Waals surface area contributed by atoms with E-state index in [2.05, 4.69) is 50.9 Å². The van der Waals surface area contributed by atoms with Gasteiger partial charge < -0.3 is 5.73 Å². The van der Waals surface area contributed by atoms with Crippen LogP contribution in [-0.4, -0.2) is 10.9 Å². The van der Waals surface area contributed by atoms with Gasteiger partial charge in [-0.05, 0) is 53.4 Å². The summed E-state index contributed by atoms with van der Waals surface area (Å²) >= 11 is 0. The van der Waals surface area contributed by atoms with E-state index in [4.69, 9.17) is 5.73 Å². The first kappa shape index (κ1) is 16.7. The number of carbonyl (C=O) groups is 1. The lowest BCUT2D eigenvalue weighted by molar-refractivity contribution is 0.100. The summed E-state index contributed by atoms with van der Waals surface area (Å²) in [5.74, 6) is 0.700. The molecule has 0 saturated heterocycles. The van der Waals surface area contributed by atoms with Crippen LogP contribution >= 0.6 is 0 Å². The summed E-state index contributed by atoms with van der Waals surface area (Å²) in [7, 11) is 0. The highest BCUT2D eigenvalue weighted by molar-refractivity contribution is 5.99. The molecule has 3 nitrogen and oxygen atoms in total. The predicted octanol–water partition coefficient (Wildman–Crippen LogP) is 4.66. The Morgan fingerprint density at radius 3 is 2.71 bits per heavy atom. The molecule has 0 radical (unpaired) electrons. The Bertz CT molecular complexity index is 777. The summed E-state index contributed by atoms with van der Waals surface area (Å²) < 4.78 is 0. The van der Waals surface area contributed by atoms with Gasteiger partial charge in [0, 0.05) is 11.8 Å². The number of carbonyl (C=O) groups excluding carboxylic acids is 1. The number of rotatable bonds is 4. The monoisotopic (exact) mass is 322 g/mol.